The molecule has 0 aliphatic heterocycles. The van der Waals surface area contributed by atoms with Gasteiger partial charge in [-0.3, -0.25) is 0 Å². The number of aryl methyl sites for hydroxylation is 1. The van der Waals surface area contributed by atoms with E-state index in [1.807, 2.05) is 30.6 Å². The SMILES string of the molecule is Cc1nc2ccc(C(N)NO)cc2[nH]1. The molecule has 1 aromatic heterocycles. The van der Waals surface area contributed by atoms with E-state index in [-0.39, 0.29) is 0 Å². The van der Waals surface area contributed by atoms with E-state index in [0.29, 0.717) is 0 Å². The summed E-state index contributed by atoms with van der Waals surface area (Å²) in [6, 6.07) is 5.56. The number of aromatic amines is 1. The van der Waals surface area contributed by atoms with Crippen LogP contribution in [-0.4, -0.2) is 15.2 Å². The Labute approximate surface area is 80.9 Å². The Morgan fingerprint density at radius 2 is 2.36 bits per heavy atom. The van der Waals surface area contributed by atoms with Crippen molar-refractivity contribution in [3.8, 4) is 0 Å². The van der Waals surface area contributed by atoms with E-state index in [4.69, 9.17) is 10.9 Å². The first-order chi connectivity index (χ1) is 6.70. The molecule has 0 aliphatic carbocycles. The first-order valence-corrected chi connectivity index (χ1v) is 4.32. The van der Waals surface area contributed by atoms with Crippen LogP contribution in [-0.2, 0) is 0 Å². The van der Waals surface area contributed by atoms with Gasteiger partial charge in [-0.2, -0.15) is 5.48 Å². The summed E-state index contributed by atoms with van der Waals surface area (Å²) in [6.07, 6.45) is -0.567. The Morgan fingerprint density at radius 1 is 1.57 bits per heavy atom. The molecule has 0 amide bonds. The number of fused-ring (bicyclic) bond motifs is 1. The van der Waals surface area contributed by atoms with Crippen LogP contribution in [0.5, 0.6) is 0 Å². The topological polar surface area (TPSA) is 87.0 Å². The van der Waals surface area contributed by atoms with Gasteiger partial charge in [0.25, 0.3) is 0 Å². The number of hydrogen-bond acceptors (Lipinski definition) is 4. The van der Waals surface area contributed by atoms with Gasteiger partial charge < -0.3 is 15.9 Å². The van der Waals surface area contributed by atoms with Crippen LogP contribution in [0.15, 0.2) is 18.2 Å². The molecule has 0 bridgehead atoms. The van der Waals surface area contributed by atoms with Crippen molar-refractivity contribution in [3.05, 3.63) is 29.6 Å². The zero-order chi connectivity index (χ0) is 10.1. The van der Waals surface area contributed by atoms with Gasteiger partial charge in [-0.15, -0.1) is 0 Å². The molecule has 0 saturated carbocycles. The van der Waals surface area contributed by atoms with E-state index in [1.54, 1.807) is 0 Å². The van der Waals surface area contributed by atoms with E-state index in [0.717, 1.165) is 22.4 Å². The molecule has 1 unspecified atom stereocenters. The van der Waals surface area contributed by atoms with Crippen molar-refractivity contribution in [2.45, 2.75) is 13.1 Å². The number of hydroxylamine groups is 1. The zero-order valence-electron chi connectivity index (χ0n) is 7.78. The minimum Gasteiger partial charge on any atom is -0.342 e. The van der Waals surface area contributed by atoms with Gasteiger partial charge >= 0.3 is 0 Å². The Kier molecular flexibility index (Phi) is 2.20. The number of hydrogen-bond donors (Lipinski definition) is 4. The number of imidazole rings is 1. The maximum Gasteiger partial charge on any atom is 0.104 e. The second-order valence-corrected chi connectivity index (χ2v) is 3.21. The molecule has 0 saturated heterocycles. The van der Waals surface area contributed by atoms with Gasteiger partial charge in [-0.25, -0.2) is 4.98 Å². The first kappa shape index (κ1) is 9.14. The Bertz CT molecular complexity index is 451. The van der Waals surface area contributed by atoms with E-state index in [1.165, 1.54) is 0 Å². The molecule has 1 heterocycles. The van der Waals surface area contributed by atoms with Gasteiger partial charge in [0.1, 0.15) is 12.0 Å². The third kappa shape index (κ3) is 1.48. The predicted octanol–water partition coefficient (Wildman–Crippen LogP) is 0.807. The number of H-pyrrole nitrogens is 1. The number of nitrogens with two attached hydrogens (primary N) is 1. The lowest BCUT2D eigenvalue weighted by Gasteiger charge is -2.08. The second-order valence-electron chi connectivity index (χ2n) is 3.21. The molecular formula is C9H12N4O. The molecule has 74 valence electrons. The standard InChI is InChI=1S/C9H12N4O/c1-5-11-7-3-2-6(9(10)13-14)4-8(7)12-5/h2-4,9,13-14H,10H2,1H3,(H,11,12). The average Bonchev–Trinajstić information content (AvgIpc) is 2.55. The second kappa shape index (κ2) is 3.38. The van der Waals surface area contributed by atoms with E-state index in [2.05, 4.69) is 9.97 Å². The largest absolute Gasteiger partial charge is 0.342 e. The van der Waals surface area contributed by atoms with Crippen LogP contribution in [0.4, 0.5) is 0 Å². The third-order valence-corrected chi connectivity index (χ3v) is 2.12. The highest BCUT2D eigenvalue weighted by atomic mass is 16.5. The molecule has 1 aromatic carbocycles. The van der Waals surface area contributed by atoms with Crippen molar-refractivity contribution in [1.82, 2.24) is 15.4 Å². The smallest absolute Gasteiger partial charge is 0.104 e. The number of rotatable bonds is 2. The summed E-state index contributed by atoms with van der Waals surface area (Å²) in [5, 5.41) is 8.66. The highest BCUT2D eigenvalue weighted by molar-refractivity contribution is 5.75. The van der Waals surface area contributed by atoms with Crippen molar-refractivity contribution < 1.29 is 5.21 Å². The number of nitrogens with one attached hydrogen (secondary N) is 2. The van der Waals surface area contributed by atoms with Crippen LogP contribution in [0, 0.1) is 6.92 Å². The average molecular weight is 192 g/mol. The van der Waals surface area contributed by atoms with Gasteiger partial charge in [0.05, 0.1) is 11.0 Å². The number of aromatic nitrogens is 2. The lowest BCUT2D eigenvalue weighted by Crippen LogP contribution is -2.25. The molecule has 0 radical (unpaired) electrons. The molecule has 2 rings (SSSR count). The van der Waals surface area contributed by atoms with Crippen LogP contribution < -0.4 is 11.2 Å². The molecule has 5 N–H and O–H groups in total. The normalized spacial score (nSPS) is 13.4. The van der Waals surface area contributed by atoms with E-state index in [9.17, 15) is 0 Å². The monoisotopic (exact) mass is 192 g/mol. The van der Waals surface area contributed by atoms with Crippen LogP contribution in [0.2, 0.25) is 0 Å². The highest BCUT2D eigenvalue weighted by Gasteiger charge is 2.06. The highest BCUT2D eigenvalue weighted by Crippen LogP contribution is 2.16. The lowest BCUT2D eigenvalue weighted by atomic mass is 10.1. The van der Waals surface area contributed by atoms with Crippen molar-refractivity contribution in [3.63, 3.8) is 0 Å². The van der Waals surface area contributed by atoms with Gasteiger partial charge in [0, 0.05) is 0 Å². The van der Waals surface area contributed by atoms with Crippen molar-refractivity contribution >= 4 is 11.0 Å². The molecule has 5 heteroatoms. The fraction of sp³-hybridized carbons (Fsp3) is 0.222. The summed E-state index contributed by atoms with van der Waals surface area (Å²) in [6.45, 7) is 1.89. The van der Waals surface area contributed by atoms with Crippen LogP contribution in [0.3, 0.4) is 0 Å². The Balaban J connectivity index is 2.50. The van der Waals surface area contributed by atoms with Crippen molar-refractivity contribution in [2.75, 3.05) is 0 Å². The van der Waals surface area contributed by atoms with Crippen LogP contribution in [0.1, 0.15) is 17.6 Å². The molecule has 14 heavy (non-hydrogen) atoms. The maximum atomic E-state index is 8.66. The third-order valence-electron chi connectivity index (χ3n) is 2.12. The Morgan fingerprint density at radius 3 is 3.07 bits per heavy atom. The predicted molar refractivity (Wildman–Crippen MR) is 52.7 cm³/mol. The van der Waals surface area contributed by atoms with Crippen molar-refractivity contribution in [2.24, 2.45) is 5.73 Å². The Hall–Kier alpha value is -1.43. The molecule has 0 spiro atoms. The van der Waals surface area contributed by atoms with E-state index < -0.39 is 6.17 Å². The lowest BCUT2D eigenvalue weighted by molar-refractivity contribution is 0.128. The molecule has 0 aliphatic rings. The minimum atomic E-state index is -0.567. The van der Waals surface area contributed by atoms with Crippen molar-refractivity contribution in [1.29, 1.82) is 0 Å². The first-order valence-electron chi connectivity index (χ1n) is 4.32. The molecule has 2 aromatic rings. The van der Waals surface area contributed by atoms with Crippen LogP contribution >= 0.6 is 0 Å². The fourth-order valence-corrected chi connectivity index (χ4v) is 1.42. The molecular weight excluding hydrogens is 180 g/mol. The van der Waals surface area contributed by atoms with Crippen LogP contribution in [0.25, 0.3) is 11.0 Å². The van der Waals surface area contributed by atoms with Gasteiger partial charge in [0.2, 0.25) is 0 Å². The summed E-state index contributed by atoms with van der Waals surface area (Å²) in [4.78, 5) is 7.36. The summed E-state index contributed by atoms with van der Waals surface area (Å²) >= 11 is 0. The summed E-state index contributed by atoms with van der Waals surface area (Å²) in [5.41, 5.74) is 10.2. The van der Waals surface area contributed by atoms with Gasteiger partial charge in [-0.1, -0.05) is 6.07 Å². The zero-order valence-corrected chi connectivity index (χ0v) is 7.78. The molecule has 0 fully saturated rings. The summed E-state index contributed by atoms with van der Waals surface area (Å²) in [7, 11) is 0. The summed E-state index contributed by atoms with van der Waals surface area (Å²) < 4.78 is 0. The maximum absolute atomic E-state index is 8.66. The van der Waals surface area contributed by atoms with Gasteiger partial charge in [0.15, 0.2) is 0 Å². The number of benzene rings is 1. The molecule has 5 nitrogen and oxygen atoms in total. The number of nitrogens with zero attached hydrogens (tertiary/aromatic N) is 1. The summed E-state index contributed by atoms with van der Waals surface area (Å²) in [5.74, 6) is 0.864. The minimum absolute atomic E-state index is 0.567. The quantitative estimate of drug-likeness (QED) is 0.419. The fourth-order valence-electron chi connectivity index (χ4n) is 1.42. The molecule has 1 atom stereocenters. The van der Waals surface area contributed by atoms with E-state index >= 15 is 0 Å². The van der Waals surface area contributed by atoms with Gasteiger partial charge in [-0.05, 0) is 24.6 Å².